The maximum atomic E-state index is 12.8. The molecule has 128 valence electrons. The quantitative estimate of drug-likeness (QED) is 0.719. The zero-order chi connectivity index (χ0) is 17.3. The molecule has 3 rings (SSSR count). The Balaban J connectivity index is 1.77. The number of carbonyl (C=O) groups is 1. The van der Waals surface area contributed by atoms with E-state index in [-0.39, 0.29) is 5.91 Å². The van der Waals surface area contributed by atoms with Crippen molar-refractivity contribution in [3.8, 4) is 5.75 Å². The molecule has 0 fully saturated rings. The molecule has 24 heavy (non-hydrogen) atoms. The summed E-state index contributed by atoms with van der Waals surface area (Å²) in [7, 11) is 3.51. The molecule has 1 amide bonds. The largest absolute Gasteiger partial charge is 0.496 e. The van der Waals surface area contributed by atoms with Crippen LogP contribution in [0.1, 0.15) is 39.0 Å². The lowest BCUT2D eigenvalue weighted by Gasteiger charge is -2.18. The first kappa shape index (κ1) is 17.5. The number of halogens is 1. The number of benzene rings is 1. The van der Waals surface area contributed by atoms with Gasteiger partial charge in [0.1, 0.15) is 5.75 Å². The summed E-state index contributed by atoms with van der Waals surface area (Å²) in [6, 6.07) is 7.97. The van der Waals surface area contributed by atoms with Gasteiger partial charge in [0, 0.05) is 28.5 Å². The molecule has 1 aromatic carbocycles. The fourth-order valence-corrected chi connectivity index (χ4v) is 4.81. The molecule has 0 saturated carbocycles. The van der Waals surface area contributed by atoms with Gasteiger partial charge in [-0.25, -0.2) is 0 Å². The molecule has 1 heterocycles. The highest BCUT2D eigenvalue weighted by Gasteiger charge is 2.22. The van der Waals surface area contributed by atoms with Gasteiger partial charge in [0.05, 0.1) is 12.0 Å². The van der Waals surface area contributed by atoms with Gasteiger partial charge in [0.2, 0.25) is 0 Å². The maximum Gasteiger partial charge on any atom is 0.263 e. The lowest BCUT2D eigenvalue weighted by Crippen LogP contribution is -2.25. The van der Waals surface area contributed by atoms with Crippen LogP contribution in [-0.2, 0) is 19.4 Å². The summed E-state index contributed by atoms with van der Waals surface area (Å²) in [6.07, 6.45) is 3.44. The standard InChI is InChI=1S/C19H22BrNO2S/c1-12-4-7-17-13(8-12)10-18(24-17)19(22)21(2)11-14-9-15(20)5-6-16(14)23-3/h5-6,9-10,12H,4,7-8,11H2,1-3H3/t12-/m1/s1. The van der Waals surface area contributed by atoms with Gasteiger partial charge in [-0.05, 0) is 55.0 Å². The highest BCUT2D eigenvalue weighted by molar-refractivity contribution is 9.10. The second-order valence-corrected chi connectivity index (χ2v) is 8.58. The molecule has 3 nitrogen and oxygen atoms in total. The fourth-order valence-electron chi connectivity index (χ4n) is 3.20. The highest BCUT2D eigenvalue weighted by Crippen LogP contribution is 2.33. The van der Waals surface area contributed by atoms with Gasteiger partial charge >= 0.3 is 0 Å². The number of ether oxygens (including phenoxy) is 1. The Bertz CT molecular complexity index is 756. The van der Waals surface area contributed by atoms with Gasteiger partial charge in [-0.2, -0.15) is 0 Å². The van der Waals surface area contributed by atoms with E-state index in [4.69, 9.17) is 4.74 Å². The van der Waals surface area contributed by atoms with Crippen LogP contribution in [0.2, 0.25) is 0 Å². The molecule has 0 bridgehead atoms. The number of thiophene rings is 1. The van der Waals surface area contributed by atoms with Crippen LogP contribution in [0.5, 0.6) is 5.75 Å². The van der Waals surface area contributed by atoms with Crippen molar-refractivity contribution in [2.75, 3.05) is 14.2 Å². The van der Waals surface area contributed by atoms with Gasteiger partial charge in [0.15, 0.2) is 0 Å². The van der Waals surface area contributed by atoms with Crippen molar-refractivity contribution in [1.82, 2.24) is 4.90 Å². The number of nitrogens with zero attached hydrogens (tertiary/aromatic N) is 1. The Morgan fingerprint density at radius 3 is 2.96 bits per heavy atom. The van der Waals surface area contributed by atoms with Crippen molar-refractivity contribution < 1.29 is 9.53 Å². The van der Waals surface area contributed by atoms with Gasteiger partial charge < -0.3 is 9.64 Å². The van der Waals surface area contributed by atoms with Crippen LogP contribution in [0.4, 0.5) is 0 Å². The molecule has 0 radical (unpaired) electrons. The molecule has 1 aromatic heterocycles. The Kier molecular flexibility index (Phi) is 5.30. The fraction of sp³-hybridized carbons (Fsp3) is 0.421. The molecule has 1 aliphatic carbocycles. The van der Waals surface area contributed by atoms with E-state index in [2.05, 4.69) is 28.9 Å². The van der Waals surface area contributed by atoms with E-state index in [9.17, 15) is 4.79 Å². The van der Waals surface area contributed by atoms with Crippen LogP contribution < -0.4 is 4.74 Å². The van der Waals surface area contributed by atoms with Crippen LogP contribution in [0.15, 0.2) is 28.7 Å². The summed E-state index contributed by atoms with van der Waals surface area (Å²) < 4.78 is 6.39. The summed E-state index contributed by atoms with van der Waals surface area (Å²) in [5.74, 6) is 1.61. The average Bonchev–Trinajstić information content (AvgIpc) is 2.97. The molecule has 0 unspecified atom stereocenters. The van der Waals surface area contributed by atoms with Crippen molar-refractivity contribution in [3.63, 3.8) is 0 Å². The Morgan fingerprint density at radius 2 is 2.21 bits per heavy atom. The van der Waals surface area contributed by atoms with Gasteiger partial charge in [-0.1, -0.05) is 22.9 Å². The third kappa shape index (κ3) is 3.67. The summed E-state index contributed by atoms with van der Waals surface area (Å²) in [4.78, 5) is 16.8. The van der Waals surface area contributed by atoms with E-state index in [0.29, 0.717) is 6.54 Å². The van der Waals surface area contributed by atoms with Gasteiger partial charge in [-0.3, -0.25) is 4.79 Å². The first-order chi connectivity index (χ1) is 11.5. The molecule has 0 saturated heterocycles. The number of carbonyl (C=O) groups excluding carboxylic acids is 1. The zero-order valence-electron chi connectivity index (χ0n) is 14.3. The normalized spacial score (nSPS) is 16.6. The zero-order valence-corrected chi connectivity index (χ0v) is 16.7. The van der Waals surface area contributed by atoms with Crippen molar-refractivity contribution in [2.45, 2.75) is 32.7 Å². The third-order valence-corrected chi connectivity index (χ3v) is 6.26. The van der Waals surface area contributed by atoms with Crippen molar-refractivity contribution in [1.29, 1.82) is 0 Å². The lowest BCUT2D eigenvalue weighted by atomic mass is 9.90. The molecular formula is C19H22BrNO2S. The molecule has 5 heteroatoms. The predicted molar refractivity (Wildman–Crippen MR) is 102 cm³/mol. The molecule has 1 aliphatic rings. The number of rotatable bonds is 4. The average molecular weight is 408 g/mol. The molecule has 0 N–H and O–H groups in total. The van der Waals surface area contributed by atoms with E-state index in [1.807, 2.05) is 25.2 Å². The Labute approximate surface area is 155 Å². The molecule has 1 atom stereocenters. The van der Waals surface area contributed by atoms with E-state index < -0.39 is 0 Å². The van der Waals surface area contributed by atoms with E-state index in [1.165, 1.54) is 16.9 Å². The van der Waals surface area contributed by atoms with Crippen LogP contribution in [0.25, 0.3) is 0 Å². The Morgan fingerprint density at radius 1 is 1.42 bits per heavy atom. The number of fused-ring (bicyclic) bond motifs is 1. The van der Waals surface area contributed by atoms with Crippen molar-refractivity contribution >= 4 is 33.2 Å². The topological polar surface area (TPSA) is 29.5 Å². The monoisotopic (exact) mass is 407 g/mol. The minimum atomic E-state index is 0.0871. The number of hydrogen-bond acceptors (Lipinski definition) is 3. The van der Waals surface area contributed by atoms with Crippen molar-refractivity contribution in [2.24, 2.45) is 5.92 Å². The van der Waals surface area contributed by atoms with E-state index in [1.54, 1.807) is 23.3 Å². The molecule has 0 aliphatic heterocycles. The first-order valence-electron chi connectivity index (χ1n) is 8.17. The summed E-state index contributed by atoms with van der Waals surface area (Å²) >= 11 is 5.15. The molecular weight excluding hydrogens is 386 g/mol. The molecule has 0 spiro atoms. The molecule has 2 aromatic rings. The second kappa shape index (κ2) is 7.28. The summed E-state index contributed by atoms with van der Waals surface area (Å²) in [6.45, 7) is 2.81. The number of amides is 1. The minimum Gasteiger partial charge on any atom is -0.496 e. The number of hydrogen-bond donors (Lipinski definition) is 0. The number of methoxy groups -OCH3 is 1. The summed E-state index contributed by atoms with van der Waals surface area (Å²) in [5, 5.41) is 0. The lowest BCUT2D eigenvalue weighted by molar-refractivity contribution is 0.0789. The third-order valence-electron chi connectivity index (χ3n) is 4.54. The number of aryl methyl sites for hydroxylation is 1. The maximum absolute atomic E-state index is 12.8. The van der Waals surface area contributed by atoms with Gasteiger partial charge in [-0.15, -0.1) is 11.3 Å². The smallest absolute Gasteiger partial charge is 0.263 e. The highest BCUT2D eigenvalue weighted by atomic mass is 79.9. The van der Waals surface area contributed by atoms with E-state index in [0.717, 1.165) is 39.4 Å². The first-order valence-corrected chi connectivity index (χ1v) is 9.78. The van der Waals surface area contributed by atoms with Crippen molar-refractivity contribution in [3.05, 3.63) is 49.6 Å². The SMILES string of the molecule is COc1ccc(Br)cc1CN(C)C(=O)c1cc2c(s1)CC[C@@H](C)C2. The van der Waals surface area contributed by atoms with Crippen LogP contribution in [-0.4, -0.2) is 25.0 Å². The summed E-state index contributed by atoms with van der Waals surface area (Å²) in [5.41, 5.74) is 2.37. The van der Waals surface area contributed by atoms with Crippen LogP contribution >= 0.6 is 27.3 Å². The second-order valence-electron chi connectivity index (χ2n) is 6.52. The van der Waals surface area contributed by atoms with Crippen LogP contribution in [0.3, 0.4) is 0 Å². The van der Waals surface area contributed by atoms with E-state index >= 15 is 0 Å². The minimum absolute atomic E-state index is 0.0871. The van der Waals surface area contributed by atoms with Crippen LogP contribution in [0, 0.1) is 5.92 Å². The van der Waals surface area contributed by atoms with Gasteiger partial charge in [0.25, 0.3) is 5.91 Å². The Hall–Kier alpha value is -1.33. The predicted octanol–water partition coefficient (Wildman–Crippen LogP) is 4.92.